The fourth-order valence-corrected chi connectivity index (χ4v) is 2.62. The van der Waals surface area contributed by atoms with Gasteiger partial charge in [-0.1, -0.05) is 11.8 Å². The van der Waals surface area contributed by atoms with Gasteiger partial charge < -0.3 is 10.3 Å². The largest absolute Gasteiger partial charge is 0.340 e. The first-order chi connectivity index (χ1) is 10.7. The molecule has 0 spiro atoms. The predicted molar refractivity (Wildman–Crippen MR) is 79.1 cm³/mol. The number of aromatic nitrogens is 8. The summed E-state index contributed by atoms with van der Waals surface area (Å²) in [5, 5.41) is 14.3. The summed E-state index contributed by atoms with van der Waals surface area (Å²) < 4.78 is 1.63. The zero-order valence-electron chi connectivity index (χ0n) is 11.9. The minimum atomic E-state index is -0.385. The van der Waals surface area contributed by atoms with Gasteiger partial charge in [0.05, 0.1) is 11.6 Å². The van der Waals surface area contributed by atoms with Crippen molar-refractivity contribution in [3.8, 4) is 0 Å². The molecule has 3 heterocycles. The monoisotopic (exact) mass is 319 g/mol. The van der Waals surface area contributed by atoms with E-state index >= 15 is 0 Å². The van der Waals surface area contributed by atoms with Crippen LogP contribution in [0.1, 0.15) is 13.8 Å². The van der Waals surface area contributed by atoms with E-state index in [1.54, 1.807) is 11.6 Å². The van der Waals surface area contributed by atoms with Crippen LogP contribution < -0.4 is 5.32 Å². The number of nitrogens with zero attached hydrogens (tertiary/aromatic N) is 7. The molecule has 1 atom stereocenters. The Balaban J connectivity index is 1.72. The van der Waals surface area contributed by atoms with Crippen molar-refractivity contribution in [2.24, 2.45) is 0 Å². The molecule has 0 saturated carbocycles. The number of hydrogen-bond acceptors (Lipinski definition) is 8. The summed E-state index contributed by atoms with van der Waals surface area (Å²) in [5.41, 5.74) is 1.09. The zero-order valence-corrected chi connectivity index (χ0v) is 12.7. The van der Waals surface area contributed by atoms with E-state index in [-0.39, 0.29) is 11.2 Å². The van der Waals surface area contributed by atoms with Crippen LogP contribution in [0.15, 0.2) is 17.8 Å². The molecule has 2 N–H and O–H groups in total. The average Bonchev–Trinajstić information content (AvgIpc) is 3.16. The van der Waals surface area contributed by atoms with E-state index in [9.17, 15) is 4.79 Å². The molecule has 3 rings (SSSR count). The van der Waals surface area contributed by atoms with Crippen molar-refractivity contribution in [3.63, 3.8) is 0 Å². The van der Waals surface area contributed by atoms with Gasteiger partial charge in [0.2, 0.25) is 11.1 Å². The Kier molecular flexibility index (Phi) is 3.96. The van der Waals surface area contributed by atoms with Crippen LogP contribution in [-0.2, 0) is 11.3 Å². The number of anilines is 1. The molecule has 0 aliphatic carbocycles. The van der Waals surface area contributed by atoms with Gasteiger partial charge in [-0.2, -0.15) is 0 Å². The van der Waals surface area contributed by atoms with Gasteiger partial charge >= 0.3 is 0 Å². The minimum Gasteiger partial charge on any atom is -0.340 e. The lowest BCUT2D eigenvalue weighted by Gasteiger charge is -2.10. The van der Waals surface area contributed by atoms with E-state index in [1.807, 2.05) is 6.92 Å². The highest BCUT2D eigenvalue weighted by Crippen LogP contribution is 2.22. The molecule has 3 aromatic rings. The topological polar surface area (TPSA) is 127 Å². The van der Waals surface area contributed by atoms with E-state index in [4.69, 9.17) is 0 Å². The molecule has 0 fully saturated rings. The Morgan fingerprint density at radius 3 is 3.14 bits per heavy atom. The molecule has 0 aromatic carbocycles. The molecule has 114 valence electrons. The molecular weight excluding hydrogens is 306 g/mol. The molecule has 0 aliphatic rings. The Labute approximate surface area is 129 Å². The van der Waals surface area contributed by atoms with E-state index < -0.39 is 0 Å². The number of hydrogen-bond donors (Lipinski definition) is 2. The summed E-state index contributed by atoms with van der Waals surface area (Å²) in [4.78, 5) is 27.3. The average molecular weight is 319 g/mol. The summed E-state index contributed by atoms with van der Waals surface area (Å²) in [6.07, 6.45) is 2.86. The molecule has 1 amide bonds. The van der Waals surface area contributed by atoms with Crippen LogP contribution in [0.2, 0.25) is 0 Å². The normalized spacial score (nSPS) is 12.5. The van der Waals surface area contributed by atoms with Gasteiger partial charge in [0.15, 0.2) is 11.5 Å². The fourth-order valence-electron chi connectivity index (χ4n) is 1.77. The molecule has 22 heavy (non-hydrogen) atoms. The van der Waals surface area contributed by atoms with Crippen LogP contribution in [0.25, 0.3) is 11.2 Å². The second kappa shape index (κ2) is 6.05. The molecule has 11 heteroatoms. The maximum absolute atomic E-state index is 12.3. The number of thioether (sulfide) groups is 1. The lowest BCUT2D eigenvalue weighted by molar-refractivity contribution is -0.115. The van der Waals surface area contributed by atoms with Crippen LogP contribution in [0.3, 0.4) is 0 Å². The van der Waals surface area contributed by atoms with Gasteiger partial charge in [0.25, 0.3) is 0 Å². The third-order valence-corrected chi connectivity index (χ3v) is 3.99. The van der Waals surface area contributed by atoms with Crippen LogP contribution >= 0.6 is 11.8 Å². The van der Waals surface area contributed by atoms with E-state index in [2.05, 4.69) is 40.8 Å². The highest BCUT2D eigenvalue weighted by Gasteiger charge is 2.19. The number of imidazole rings is 1. The van der Waals surface area contributed by atoms with Crippen LogP contribution in [-0.4, -0.2) is 51.3 Å². The second-order valence-corrected chi connectivity index (χ2v) is 5.66. The molecule has 0 saturated heterocycles. The predicted octanol–water partition coefficient (Wildman–Crippen LogP) is 0.479. The maximum atomic E-state index is 12.3. The smallest absolute Gasteiger partial charge is 0.238 e. The molecule has 0 bridgehead atoms. The first-order valence-corrected chi connectivity index (χ1v) is 7.44. The van der Waals surface area contributed by atoms with Gasteiger partial charge in [-0.05, 0) is 24.3 Å². The molecule has 0 radical (unpaired) electrons. The lowest BCUT2D eigenvalue weighted by atomic mass is 10.4. The summed E-state index contributed by atoms with van der Waals surface area (Å²) in [5.74, 6) is 0.195. The van der Waals surface area contributed by atoms with E-state index in [1.165, 1.54) is 24.4 Å². The van der Waals surface area contributed by atoms with Crippen molar-refractivity contribution < 1.29 is 4.79 Å². The zero-order chi connectivity index (χ0) is 15.5. The van der Waals surface area contributed by atoms with Gasteiger partial charge in [-0.25, -0.2) is 19.6 Å². The van der Waals surface area contributed by atoms with Crippen molar-refractivity contribution in [2.75, 3.05) is 5.32 Å². The highest BCUT2D eigenvalue weighted by atomic mass is 32.2. The first kappa shape index (κ1) is 14.4. The first-order valence-electron chi connectivity index (χ1n) is 6.56. The third-order valence-electron chi connectivity index (χ3n) is 2.91. The van der Waals surface area contributed by atoms with Crippen molar-refractivity contribution in [3.05, 3.63) is 12.7 Å². The Bertz CT molecular complexity index is 798. The summed E-state index contributed by atoms with van der Waals surface area (Å²) in [6, 6.07) is 0. The molecule has 0 aliphatic heterocycles. The second-order valence-electron chi connectivity index (χ2n) is 4.35. The van der Waals surface area contributed by atoms with Crippen molar-refractivity contribution in [2.45, 2.75) is 30.8 Å². The van der Waals surface area contributed by atoms with Crippen molar-refractivity contribution in [1.82, 2.24) is 40.1 Å². The Morgan fingerprint density at radius 1 is 1.45 bits per heavy atom. The molecular formula is C11H13N9OS. The van der Waals surface area contributed by atoms with Gasteiger partial charge in [0.1, 0.15) is 11.8 Å². The van der Waals surface area contributed by atoms with Gasteiger partial charge in [0, 0.05) is 6.54 Å². The number of tetrazole rings is 1. The van der Waals surface area contributed by atoms with E-state index in [0.29, 0.717) is 28.7 Å². The summed E-state index contributed by atoms with van der Waals surface area (Å²) >= 11 is 1.28. The van der Waals surface area contributed by atoms with Crippen LogP contribution in [0.4, 0.5) is 5.82 Å². The van der Waals surface area contributed by atoms with Crippen molar-refractivity contribution >= 4 is 34.7 Å². The van der Waals surface area contributed by atoms with Crippen LogP contribution in [0.5, 0.6) is 0 Å². The quantitative estimate of drug-likeness (QED) is 0.650. The standard InChI is InChI=1S/C11H13N9OS/c1-3-20-11(17-18-19-20)22-6(2)10(21)16-9-7-8(13-4-12-7)14-5-15-9/h4-6H,3H2,1-2H3,(H2,12,13,14,15,16,21)/t6-/m1/s1. The number of carbonyl (C=O) groups excluding carboxylic acids is 1. The Hall–Kier alpha value is -2.56. The summed E-state index contributed by atoms with van der Waals surface area (Å²) in [6.45, 7) is 4.35. The number of carbonyl (C=O) groups is 1. The SMILES string of the molecule is CCn1nnnc1S[C@H](C)C(=O)Nc1ncnc2nc[nH]c12. The fraction of sp³-hybridized carbons (Fsp3) is 0.364. The number of aromatic amines is 1. The summed E-state index contributed by atoms with van der Waals surface area (Å²) in [7, 11) is 0. The molecule has 10 nitrogen and oxygen atoms in total. The van der Waals surface area contributed by atoms with Crippen LogP contribution in [0, 0.1) is 0 Å². The van der Waals surface area contributed by atoms with E-state index in [0.717, 1.165) is 0 Å². The lowest BCUT2D eigenvalue weighted by Crippen LogP contribution is -2.23. The number of rotatable bonds is 5. The minimum absolute atomic E-state index is 0.203. The number of amides is 1. The van der Waals surface area contributed by atoms with Gasteiger partial charge in [-0.3, -0.25) is 4.79 Å². The number of aryl methyl sites for hydroxylation is 1. The third kappa shape index (κ3) is 2.74. The number of fused-ring (bicyclic) bond motifs is 1. The Morgan fingerprint density at radius 2 is 2.32 bits per heavy atom. The highest BCUT2D eigenvalue weighted by molar-refractivity contribution is 8.00. The molecule has 3 aromatic heterocycles. The number of nitrogens with one attached hydrogen (secondary N) is 2. The molecule has 0 unspecified atom stereocenters. The van der Waals surface area contributed by atoms with Crippen molar-refractivity contribution in [1.29, 1.82) is 0 Å². The van der Waals surface area contributed by atoms with Gasteiger partial charge in [-0.15, -0.1) is 5.10 Å². The maximum Gasteiger partial charge on any atom is 0.238 e. The number of H-pyrrole nitrogens is 1.